The third-order valence-corrected chi connectivity index (χ3v) is 10.5. The smallest absolute Gasteiger partial charge is 0.548 e. The fraction of sp³-hybridized carbons (Fsp3) is 0.391. The van der Waals surface area contributed by atoms with E-state index in [-0.39, 0.29) is 76.0 Å². The number of carbonyl (C=O) groups excluding carboxylic acids is 4. The maximum atomic E-state index is 13.7. The number of carboxylic acid groups (broad SMARTS) is 2. The molecule has 0 aromatic heterocycles. The normalized spacial score (nSPS) is 18.3. The number of hydrogen-bond donors (Lipinski definition) is 0. The molecule has 0 atom stereocenters. The molecule has 0 radical (unpaired) electrons. The summed E-state index contributed by atoms with van der Waals surface area (Å²) in [4.78, 5) is 49.3. The minimum Gasteiger partial charge on any atom is -0.548 e. The van der Waals surface area contributed by atoms with Gasteiger partial charge in [-0.05, 0) is 136 Å². The molecule has 2 saturated carbocycles. The third-order valence-electron chi connectivity index (χ3n) is 10.5. The quantitative estimate of drug-likeness (QED) is 0.108. The summed E-state index contributed by atoms with van der Waals surface area (Å²) in [5.41, 5.74) is 2.00. The van der Waals surface area contributed by atoms with Gasteiger partial charge >= 0.3 is 49.9 Å². The average Bonchev–Trinajstić information content (AvgIpc) is 3.24. The Balaban J connectivity index is 0.000000264. The van der Waals surface area contributed by atoms with Crippen LogP contribution in [0.25, 0.3) is 0 Å². The van der Waals surface area contributed by atoms with Crippen molar-refractivity contribution >= 4 is 84.6 Å². The Morgan fingerprint density at radius 3 is 1.10 bits per heavy atom. The van der Waals surface area contributed by atoms with E-state index in [4.69, 9.17) is 18.9 Å². The predicted octanol–water partition coefficient (Wildman–Crippen LogP) is 6.97. The molecule has 2 aliphatic carbocycles. The van der Waals surface area contributed by atoms with Crippen LogP contribution in [-0.4, -0.2) is 102 Å². The Bertz CT molecular complexity index is 1820. The van der Waals surface area contributed by atoms with E-state index < -0.39 is 35.8 Å². The Kier molecular flexibility index (Phi) is 20.9. The van der Waals surface area contributed by atoms with Crippen LogP contribution in [0.2, 0.25) is 0 Å². The number of para-hydroxylation sites is 2. The largest absolute Gasteiger partial charge is 2.00 e. The SMILES string of the molecule is O=C([O-])COCC1CCC(COC(=O)N(c2ccccc2)c2cccc(F)c2)CC1.O=C([O-])COCC1CCC(COC(=O)N(c2ccccc2)c2cccc(F)c2)CC1.[Ca+2]. The molecule has 0 saturated heterocycles. The number of carbonyl (C=O) groups is 4. The number of rotatable bonds is 16. The molecule has 2 fully saturated rings. The van der Waals surface area contributed by atoms with Gasteiger partial charge in [0.15, 0.2) is 0 Å². The van der Waals surface area contributed by atoms with Crippen molar-refractivity contribution in [3.8, 4) is 0 Å². The summed E-state index contributed by atoms with van der Waals surface area (Å²) in [6.45, 7) is 0.609. The van der Waals surface area contributed by atoms with Gasteiger partial charge in [0.25, 0.3) is 0 Å². The number of anilines is 4. The van der Waals surface area contributed by atoms with E-state index in [1.165, 1.54) is 34.1 Å². The van der Waals surface area contributed by atoms with Gasteiger partial charge in [-0.15, -0.1) is 0 Å². The zero-order valence-electron chi connectivity index (χ0n) is 34.0. The molecule has 320 valence electrons. The second kappa shape index (κ2) is 26.0. The maximum absolute atomic E-state index is 13.7. The first-order valence-corrected chi connectivity index (χ1v) is 20.2. The molecule has 15 heteroatoms. The molecule has 0 spiro atoms. The van der Waals surface area contributed by atoms with Crippen LogP contribution in [0.15, 0.2) is 109 Å². The summed E-state index contributed by atoms with van der Waals surface area (Å²) >= 11 is 0. The zero-order chi connectivity index (χ0) is 42.7. The first-order valence-electron chi connectivity index (χ1n) is 20.2. The summed E-state index contributed by atoms with van der Waals surface area (Å²) in [5.74, 6) is -2.20. The molecule has 0 N–H and O–H groups in total. The van der Waals surface area contributed by atoms with Crippen molar-refractivity contribution in [1.82, 2.24) is 0 Å². The van der Waals surface area contributed by atoms with E-state index in [9.17, 15) is 38.2 Å². The van der Waals surface area contributed by atoms with Crippen molar-refractivity contribution < 1.29 is 57.1 Å². The molecule has 6 rings (SSSR count). The van der Waals surface area contributed by atoms with Crippen LogP contribution in [-0.2, 0) is 28.5 Å². The Labute approximate surface area is 384 Å². The van der Waals surface area contributed by atoms with Gasteiger partial charge in [0, 0.05) is 13.2 Å². The number of halogens is 2. The van der Waals surface area contributed by atoms with Gasteiger partial charge in [-0.2, -0.15) is 0 Å². The van der Waals surface area contributed by atoms with Gasteiger partial charge in [0.05, 0.1) is 61.1 Å². The van der Waals surface area contributed by atoms with Gasteiger partial charge in [0.2, 0.25) is 0 Å². The van der Waals surface area contributed by atoms with Crippen molar-refractivity contribution in [2.24, 2.45) is 23.7 Å². The molecule has 61 heavy (non-hydrogen) atoms. The second-order valence-corrected chi connectivity index (χ2v) is 15.0. The van der Waals surface area contributed by atoms with E-state index >= 15 is 0 Å². The van der Waals surface area contributed by atoms with E-state index in [1.54, 1.807) is 72.8 Å². The molecule has 12 nitrogen and oxygen atoms in total. The summed E-state index contributed by atoms with van der Waals surface area (Å²) in [6.07, 6.45) is 5.95. The van der Waals surface area contributed by atoms with Gasteiger partial charge in [0.1, 0.15) is 11.6 Å². The predicted molar refractivity (Wildman–Crippen MR) is 221 cm³/mol. The standard InChI is InChI=1S/2C23H26FNO5.Ca/c2*24-19-5-4-8-21(13-19)25(20-6-2-1-3-7-20)23(28)30-15-18-11-9-17(10-12-18)14-29-16-22(26)27;/h2*1-8,13,17-18H,9-12,14-16H2,(H,26,27);/q;;+2/p-2. The van der Waals surface area contributed by atoms with Gasteiger partial charge < -0.3 is 38.7 Å². The van der Waals surface area contributed by atoms with E-state index in [0.29, 0.717) is 47.8 Å². The number of amides is 2. The Hall–Kier alpha value is -4.60. The molecule has 2 aliphatic rings. The van der Waals surface area contributed by atoms with Gasteiger partial charge in [-0.1, -0.05) is 48.5 Å². The van der Waals surface area contributed by atoms with Gasteiger partial charge in [-0.25, -0.2) is 28.2 Å². The monoisotopic (exact) mass is 868 g/mol. The first-order chi connectivity index (χ1) is 29.0. The van der Waals surface area contributed by atoms with E-state index in [2.05, 4.69) is 0 Å². The van der Waals surface area contributed by atoms with Crippen molar-refractivity contribution in [2.75, 3.05) is 49.4 Å². The number of aliphatic carboxylic acids is 2. The van der Waals surface area contributed by atoms with E-state index in [0.717, 1.165) is 51.4 Å². The van der Waals surface area contributed by atoms with Crippen LogP contribution in [0, 0.1) is 35.3 Å². The minimum atomic E-state index is -1.21. The van der Waals surface area contributed by atoms with Crippen LogP contribution >= 0.6 is 0 Å². The van der Waals surface area contributed by atoms with Crippen molar-refractivity contribution in [3.63, 3.8) is 0 Å². The second-order valence-electron chi connectivity index (χ2n) is 15.0. The van der Waals surface area contributed by atoms with Crippen molar-refractivity contribution in [2.45, 2.75) is 51.4 Å². The van der Waals surface area contributed by atoms with Crippen LogP contribution in [0.4, 0.5) is 41.1 Å². The van der Waals surface area contributed by atoms with Gasteiger partial charge in [-0.3, -0.25) is 0 Å². The summed E-state index contributed by atoms with van der Waals surface area (Å²) in [7, 11) is 0. The fourth-order valence-electron chi connectivity index (χ4n) is 7.36. The van der Waals surface area contributed by atoms with Crippen molar-refractivity contribution in [1.29, 1.82) is 0 Å². The van der Waals surface area contributed by atoms with Crippen LogP contribution in [0.5, 0.6) is 0 Å². The topological polar surface area (TPSA) is 158 Å². The Morgan fingerprint density at radius 1 is 0.475 bits per heavy atom. The number of hydrogen-bond acceptors (Lipinski definition) is 10. The van der Waals surface area contributed by atoms with Crippen molar-refractivity contribution in [3.05, 3.63) is 121 Å². The zero-order valence-corrected chi connectivity index (χ0v) is 36.2. The molecule has 0 unspecified atom stereocenters. The van der Waals surface area contributed by atoms with E-state index in [1.807, 2.05) is 12.1 Å². The number of nitrogens with zero attached hydrogens (tertiary/aromatic N) is 2. The number of benzene rings is 4. The molecule has 0 bridgehead atoms. The molecule has 4 aromatic rings. The summed E-state index contributed by atoms with van der Waals surface area (Å²) in [6, 6.07) is 29.6. The summed E-state index contributed by atoms with van der Waals surface area (Å²) in [5, 5.41) is 20.8. The number of ether oxygens (including phenoxy) is 4. The molecular formula is C46H50CaF2N2O10. The molecule has 2 amide bonds. The van der Waals surface area contributed by atoms with Crippen LogP contribution < -0.4 is 20.0 Å². The molecule has 0 heterocycles. The average molecular weight is 869 g/mol. The minimum absolute atomic E-state index is 0. The number of carboxylic acids is 2. The Morgan fingerprint density at radius 2 is 0.787 bits per heavy atom. The molecular weight excluding hydrogens is 819 g/mol. The van der Waals surface area contributed by atoms with Crippen LogP contribution in [0.1, 0.15) is 51.4 Å². The third kappa shape index (κ3) is 16.7. The molecule has 4 aromatic carbocycles. The fourth-order valence-corrected chi connectivity index (χ4v) is 7.36. The first kappa shape index (κ1) is 49.1. The molecule has 0 aliphatic heterocycles. The summed E-state index contributed by atoms with van der Waals surface area (Å²) < 4.78 is 48.9. The maximum Gasteiger partial charge on any atom is 2.00 e. The van der Waals surface area contributed by atoms with Crippen LogP contribution in [0.3, 0.4) is 0 Å².